The van der Waals surface area contributed by atoms with Gasteiger partial charge in [0.1, 0.15) is 11.6 Å². The Morgan fingerprint density at radius 1 is 1.12 bits per heavy atom. The van der Waals surface area contributed by atoms with Gasteiger partial charge in [-0.3, -0.25) is 9.59 Å². The molecule has 0 saturated heterocycles. The van der Waals surface area contributed by atoms with E-state index in [1.165, 1.54) is 0 Å². The van der Waals surface area contributed by atoms with Gasteiger partial charge in [-0.25, -0.2) is 13.6 Å². The highest BCUT2D eigenvalue weighted by Gasteiger charge is 2.10. The molecule has 1 aromatic rings. The predicted octanol–water partition coefficient (Wildman–Crippen LogP) is 1.68. The van der Waals surface area contributed by atoms with Crippen LogP contribution in [0.3, 0.4) is 0 Å². The van der Waals surface area contributed by atoms with Crippen LogP contribution in [0.1, 0.15) is 25.7 Å². The molecule has 4 N–H and O–H groups in total. The Labute approximate surface area is 137 Å². The number of primary amides is 1. The van der Waals surface area contributed by atoms with Gasteiger partial charge in [-0.1, -0.05) is 6.42 Å². The van der Waals surface area contributed by atoms with Gasteiger partial charge in [0, 0.05) is 19.0 Å². The Bertz CT molecular complexity index is 596. The topological polar surface area (TPSA) is 111 Å². The van der Waals surface area contributed by atoms with Crippen LogP contribution in [0.2, 0.25) is 0 Å². The van der Waals surface area contributed by atoms with E-state index in [9.17, 15) is 23.2 Å². The number of hydrogen-bond acceptors (Lipinski definition) is 4. The lowest BCUT2D eigenvalue weighted by molar-refractivity contribution is -0.147. The first-order valence-corrected chi connectivity index (χ1v) is 7.32. The largest absolute Gasteiger partial charge is 0.456 e. The average Bonchev–Trinajstić information content (AvgIpc) is 2.51. The summed E-state index contributed by atoms with van der Waals surface area (Å²) in [6.45, 7) is -0.130. The summed E-state index contributed by atoms with van der Waals surface area (Å²) >= 11 is 0. The minimum Gasteiger partial charge on any atom is -0.456 e. The maximum Gasteiger partial charge on any atom is 0.312 e. The van der Waals surface area contributed by atoms with E-state index in [1.54, 1.807) is 0 Å². The van der Waals surface area contributed by atoms with Gasteiger partial charge in [-0.2, -0.15) is 0 Å². The van der Waals surface area contributed by atoms with Crippen LogP contribution in [0.25, 0.3) is 0 Å². The summed E-state index contributed by atoms with van der Waals surface area (Å²) in [6, 6.07) is 2.11. The van der Waals surface area contributed by atoms with E-state index in [0.717, 1.165) is 12.1 Å². The van der Waals surface area contributed by atoms with Crippen molar-refractivity contribution in [3.8, 4) is 0 Å². The molecule has 24 heavy (non-hydrogen) atoms. The molecule has 0 unspecified atom stereocenters. The number of urea groups is 1. The number of halogens is 2. The van der Waals surface area contributed by atoms with E-state index in [1.807, 2.05) is 0 Å². The number of amides is 3. The number of ether oxygens (including phenoxy) is 1. The van der Waals surface area contributed by atoms with E-state index in [0.29, 0.717) is 31.9 Å². The molecular formula is C15H19F2N3O4. The highest BCUT2D eigenvalue weighted by Crippen LogP contribution is 2.14. The number of carbonyl (C=O) groups excluding carboxylic acids is 3. The molecule has 0 spiro atoms. The SMILES string of the molecule is NC(=O)NCCCCCC(=O)OCC(=O)Nc1ccc(F)cc1F. The van der Waals surface area contributed by atoms with Crippen molar-refractivity contribution in [2.45, 2.75) is 25.7 Å². The van der Waals surface area contributed by atoms with Gasteiger partial charge in [-0.05, 0) is 25.0 Å². The lowest BCUT2D eigenvalue weighted by Gasteiger charge is -2.07. The third-order valence-corrected chi connectivity index (χ3v) is 2.93. The van der Waals surface area contributed by atoms with Crippen LogP contribution in [0.15, 0.2) is 18.2 Å². The Kier molecular flexibility index (Phi) is 8.17. The van der Waals surface area contributed by atoms with E-state index in [2.05, 4.69) is 10.6 Å². The molecule has 0 aliphatic carbocycles. The minimum atomic E-state index is -0.917. The molecule has 7 nitrogen and oxygen atoms in total. The number of hydrogen-bond donors (Lipinski definition) is 3. The Balaban J connectivity index is 2.17. The second-order valence-corrected chi connectivity index (χ2v) is 4.93. The number of nitrogens with one attached hydrogen (secondary N) is 2. The molecule has 3 amide bonds. The average molecular weight is 343 g/mol. The summed E-state index contributed by atoms with van der Waals surface area (Å²) in [5.74, 6) is -2.96. The van der Waals surface area contributed by atoms with Gasteiger partial charge in [0.15, 0.2) is 6.61 Å². The van der Waals surface area contributed by atoms with Gasteiger partial charge in [0.05, 0.1) is 5.69 Å². The number of esters is 1. The Morgan fingerprint density at radius 2 is 1.88 bits per heavy atom. The van der Waals surface area contributed by atoms with Crippen molar-refractivity contribution in [2.24, 2.45) is 5.73 Å². The molecule has 0 aliphatic heterocycles. The van der Waals surface area contributed by atoms with Crippen molar-refractivity contribution >= 4 is 23.6 Å². The molecule has 1 rings (SSSR count). The first-order valence-electron chi connectivity index (χ1n) is 7.32. The van der Waals surface area contributed by atoms with Crippen molar-refractivity contribution in [1.82, 2.24) is 5.32 Å². The lowest BCUT2D eigenvalue weighted by atomic mass is 10.2. The third kappa shape index (κ3) is 8.06. The summed E-state index contributed by atoms with van der Waals surface area (Å²) in [4.78, 5) is 33.4. The van der Waals surface area contributed by atoms with Gasteiger partial charge in [0.2, 0.25) is 0 Å². The normalized spacial score (nSPS) is 10.1. The second-order valence-electron chi connectivity index (χ2n) is 4.93. The molecule has 0 aromatic heterocycles. The molecule has 0 heterocycles. The van der Waals surface area contributed by atoms with Crippen molar-refractivity contribution in [1.29, 1.82) is 0 Å². The predicted molar refractivity (Wildman–Crippen MR) is 82.0 cm³/mol. The maximum absolute atomic E-state index is 13.3. The molecule has 132 valence electrons. The number of unbranched alkanes of at least 4 members (excludes halogenated alkanes) is 2. The molecule has 0 aliphatic rings. The van der Waals surface area contributed by atoms with E-state index >= 15 is 0 Å². The zero-order valence-corrected chi connectivity index (χ0v) is 12.9. The molecule has 1 aromatic carbocycles. The summed E-state index contributed by atoms with van der Waals surface area (Å²) in [7, 11) is 0. The quantitative estimate of drug-likeness (QED) is 0.468. The molecule has 0 fully saturated rings. The van der Waals surface area contributed by atoms with Crippen LogP contribution in [0.5, 0.6) is 0 Å². The van der Waals surface area contributed by atoms with E-state index < -0.39 is 36.1 Å². The van der Waals surface area contributed by atoms with Gasteiger partial charge in [-0.15, -0.1) is 0 Å². The number of anilines is 1. The number of nitrogens with two attached hydrogens (primary N) is 1. The molecule has 0 bridgehead atoms. The molecular weight excluding hydrogens is 324 g/mol. The van der Waals surface area contributed by atoms with Crippen LogP contribution in [-0.4, -0.2) is 31.1 Å². The monoisotopic (exact) mass is 343 g/mol. The van der Waals surface area contributed by atoms with Crippen molar-refractivity contribution < 1.29 is 27.9 Å². The zero-order valence-electron chi connectivity index (χ0n) is 12.9. The molecule has 9 heteroatoms. The highest BCUT2D eigenvalue weighted by atomic mass is 19.1. The fraction of sp³-hybridized carbons (Fsp3) is 0.400. The highest BCUT2D eigenvalue weighted by molar-refractivity contribution is 5.92. The van der Waals surface area contributed by atoms with Crippen molar-refractivity contribution in [2.75, 3.05) is 18.5 Å². The summed E-state index contributed by atoms with van der Waals surface area (Å²) < 4.78 is 30.8. The summed E-state index contributed by atoms with van der Waals surface area (Å²) in [6.07, 6.45) is 2.01. The van der Waals surface area contributed by atoms with Crippen LogP contribution >= 0.6 is 0 Å². The lowest BCUT2D eigenvalue weighted by Crippen LogP contribution is -2.29. The third-order valence-electron chi connectivity index (χ3n) is 2.93. The molecule has 0 radical (unpaired) electrons. The van der Waals surface area contributed by atoms with Crippen LogP contribution in [0, 0.1) is 11.6 Å². The second kappa shape index (κ2) is 10.1. The fourth-order valence-electron chi connectivity index (χ4n) is 1.78. The van der Waals surface area contributed by atoms with Crippen LogP contribution in [-0.2, 0) is 14.3 Å². The van der Waals surface area contributed by atoms with Gasteiger partial charge in [0.25, 0.3) is 5.91 Å². The number of benzene rings is 1. The zero-order chi connectivity index (χ0) is 17.9. The standard InChI is InChI=1S/C15H19F2N3O4/c16-10-5-6-12(11(17)8-10)20-13(21)9-24-14(22)4-2-1-3-7-19-15(18)23/h5-6,8H,1-4,7,9H2,(H,20,21)(H3,18,19,23). The Morgan fingerprint density at radius 3 is 2.54 bits per heavy atom. The first-order chi connectivity index (χ1) is 11.4. The van der Waals surface area contributed by atoms with Crippen molar-refractivity contribution in [3.05, 3.63) is 29.8 Å². The Hall–Kier alpha value is -2.71. The smallest absolute Gasteiger partial charge is 0.312 e. The van der Waals surface area contributed by atoms with E-state index in [-0.39, 0.29) is 12.1 Å². The number of carbonyl (C=O) groups is 3. The van der Waals surface area contributed by atoms with Crippen LogP contribution < -0.4 is 16.4 Å². The van der Waals surface area contributed by atoms with Crippen molar-refractivity contribution in [3.63, 3.8) is 0 Å². The molecule has 0 saturated carbocycles. The maximum atomic E-state index is 13.3. The summed E-state index contributed by atoms with van der Waals surface area (Å²) in [5, 5.41) is 4.60. The number of rotatable bonds is 9. The fourth-order valence-corrected chi connectivity index (χ4v) is 1.78. The van der Waals surface area contributed by atoms with Crippen LogP contribution in [0.4, 0.5) is 19.3 Å². The van der Waals surface area contributed by atoms with Gasteiger partial charge >= 0.3 is 12.0 Å². The minimum absolute atomic E-state index is 0.120. The van der Waals surface area contributed by atoms with E-state index in [4.69, 9.17) is 10.5 Å². The molecule has 0 atom stereocenters. The summed E-state index contributed by atoms with van der Waals surface area (Å²) in [5.41, 5.74) is 4.70. The van der Waals surface area contributed by atoms with Gasteiger partial charge < -0.3 is 21.1 Å². The first kappa shape index (κ1) is 19.3.